The van der Waals surface area contributed by atoms with E-state index in [4.69, 9.17) is 15.0 Å². The predicted molar refractivity (Wildman–Crippen MR) is 201 cm³/mol. The number of para-hydroxylation sites is 2. The molecule has 0 aliphatic heterocycles. The lowest BCUT2D eigenvalue weighted by atomic mass is 9.98. The second kappa shape index (κ2) is 12.2. The molecule has 0 unspecified atom stereocenters. The number of benzene rings is 7. The largest absolute Gasteiger partial charge is 0.309 e. The Kier molecular flexibility index (Phi) is 7.10. The van der Waals surface area contributed by atoms with E-state index >= 15 is 0 Å². The van der Waals surface area contributed by atoms with Crippen LogP contribution < -0.4 is 0 Å². The third-order valence-corrected chi connectivity index (χ3v) is 9.05. The average molecular weight is 627 g/mol. The lowest BCUT2D eigenvalue weighted by Crippen LogP contribution is -2.00. The van der Waals surface area contributed by atoms with Crippen LogP contribution in [0.5, 0.6) is 0 Å². The van der Waals surface area contributed by atoms with Crippen molar-refractivity contribution in [3.05, 3.63) is 182 Å². The highest BCUT2D eigenvalue weighted by Crippen LogP contribution is 2.34. The van der Waals surface area contributed by atoms with E-state index < -0.39 is 0 Å². The smallest absolute Gasteiger partial charge is 0.164 e. The molecular weight excluding hydrogens is 597 g/mol. The number of aromatic nitrogens is 4. The topological polar surface area (TPSA) is 43.6 Å². The van der Waals surface area contributed by atoms with Gasteiger partial charge in [-0.1, -0.05) is 133 Å². The minimum atomic E-state index is 0.633. The Bertz CT molecular complexity index is 2530. The fourth-order valence-corrected chi connectivity index (χ4v) is 6.66. The van der Waals surface area contributed by atoms with Crippen LogP contribution in [0.15, 0.2) is 182 Å². The van der Waals surface area contributed by atoms with Gasteiger partial charge in [0.25, 0.3) is 0 Å². The molecule has 2 heterocycles. The van der Waals surface area contributed by atoms with E-state index in [9.17, 15) is 0 Å². The monoisotopic (exact) mass is 626 g/mol. The van der Waals surface area contributed by atoms with Crippen LogP contribution in [0.3, 0.4) is 0 Å². The van der Waals surface area contributed by atoms with Crippen molar-refractivity contribution in [1.82, 2.24) is 19.5 Å². The van der Waals surface area contributed by atoms with Crippen molar-refractivity contribution in [3.63, 3.8) is 0 Å². The summed E-state index contributed by atoms with van der Waals surface area (Å²) >= 11 is 0. The summed E-state index contributed by atoms with van der Waals surface area (Å²) in [6, 6.07) is 63.4. The zero-order valence-electron chi connectivity index (χ0n) is 26.6. The third-order valence-electron chi connectivity index (χ3n) is 9.05. The van der Waals surface area contributed by atoms with E-state index in [0.717, 1.165) is 33.5 Å². The van der Waals surface area contributed by atoms with Gasteiger partial charge in [-0.25, -0.2) is 15.0 Å². The maximum Gasteiger partial charge on any atom is 0.164 e. The Morgan fingerprint density at radius 3 is 1.24 bits per heavy atom. The molecule has 0 fully saturated rings. The Labute approximate surface area is 284 Å². The maximum absolute atomic E-state index is 5.06. The lowest BCUT2D eigenvalue weighted by molar-refractivity contribution is 1.07. The first kappa shape index (κ1) is 28.6. The molecule has 7 aromatic carbocycles. The van der Waals surface area contributed by atoms with Crippen molar-refractivity contribution >= 4 is 21.8 Å². The van der Waals surface area contributed by atoms with E-state index in [1.807, 2.05) is 36.4 Å². The van der Waals surface area contributed by atoms with E-state index in [0.29, 0.717) is 17.5 Å². The summed E-state index contributed by atoms with van der Waals surface area (Å²) in [5, 5.41) is 2.48. The van der Waals surface area contributed by atoms with E-state index in [1.165, 1.54) is 32.9 Å². The summed E-state index contributed by atoms with van der Waals surface area (Å²) in [7, 11) is 0. The molecule has 4 heteroatoms. The van der Waals surface area contributed by atoms with Crippen LogP contribution in [0.2, 0.25) is 0 Å². The molecule has 4 nitrogen and oxygen atoms in total. The minimum absolute atomic E-state index is 0.633. The van der Waals surface area contributed by atoms with Crippen LogP contribution in [0.4, 0.5) is 0 Å². The Morgan fingerprint density at radius 2 is 0.673 bits per heavy atom. The van der Waals surface area contributed by atoms with Gasteiger partial charge in [-0.15, -0.1) is 0 Å². The molecule has 9 rings (SSSR count). The van der Waals surface area contributed by atoms with Crippen LogP contribution in [0.25, 0.3) is 83.9 Å². The van der Waals surface area contributed by atoms with Crippen molar-refractivity contribution in [2.45, 2.75) is 0 Å². The molecule has 230 valence electrons. The summed E-state index contributed by atoms with van der Waals surface area (Å²) < 4.78 is 2.32. The summed E-state index contributed by atoms with van der Waals surface area (Å²) in [6.45, 7) is 0. The van der Waals surface area contributed by atoms with Crippen LogP contribution in [-0.2, 0) is 0 Å². The molecule has 0 radical (unpaired) electrons. The highest BCUT2D eigenvalue weighted by atomic mass is 15.0. The van der Waals surface area contributed by atoms with Gasteiger partial charge in [0.15, 0.2) is 17.5 Å². The molecule has 0 N–H and O–H groups in total. The van der Waals surface area contributed by atoms with Crippen molar-refractivity contribution in [1.29, 1.82) is 0 Å². The molecule has 0 aliphatic rings. The molecule has 0 saturated heterocycles. The Morgan fingerprint density at radius 1 is 0.286 bits per heavy atom. The van der Waals surface area contributed by atoms with Gasteiger partial charge in [0.05, 0.1) is 11.0 Å². The Hall–Kier alpha value is -6.65. The molecule has 9 aromatic rings. The molecule has 0 amide bonds. The molecule has 0 saturated carbocycles. The third kappa shape index (κ3) is 5.35. The summed E-state index contributed by atoms with van der Waals surface area (Å²) in [5.74, 6) is 1.91. The van der Waals surface area contributed by atoms with Gasteiger partial charge in [0.1, 0.15) is 0 Å². The molecule has 2 aromatic heterocycles. The van der Waals surface area contributed by atoms with Gasteiger partial charge in [0.2, 0.25) is 0 Å². The molecule has 49 heavy (non-hydrogen) atoms. The number of hydrogen-bond acceptors (Lipinski definition) is 3. The molecule has 0 aliphatic carbocycles. The highest BCUT2D eigenvalue weighted by Gasteiger charge is 2.15. The molecule has 0 spiro atoms. The van der Waals surface area contributed by atoms with Gasteiger partial charge in [-0.05, 0) is 70.8 Å². The number of nitrogens with zero attached hydrogens (tertiary/aromatic N) is 4. The quantitative estimate of drug-likeness (QED) is 0.184. The summed E-state index contributed by atoms with van der Waals surface area (Å²) in [5.41, 5.74) is 10.9. The van der Waals surface area contributed by atoms with Crippen molar-refractivity contribution in [3.8, 4) is 62.1 Å². The average Bonchev–Trinajstić information content (AvgIpc) is 3.53. The standard InChI is InChI=1S/C45H30N4/c1-3-13-31(14-4-1)34-17-11-18-35(29-34)36-19-12-20-37(30-36)45-47-43(32-15-5-2-6-16-32)46-44(48-45)33-25-27-38(28-26-33)49-41-23-9-7-21-39(41)40-22-8-10-24-42(40)49/h1-30H. The van der Waals surface area contributed by atoms with E-state index in [-0.39, 0.29) is 0 Å². The zero-order chi connectivity index (χ0) is 32.6. The minimum Gasteiger partial charge on any atom is -0.309 e. The van der Waals surface area contributed by atoms with Crippen LogP contribution in [0, 0.1) is 0 Å². The molecular formula is C45H30N4. The van der Waals surface area contributed by atoms with Crippen molar-refractivity contribution in [2.75, 3.05) is 0 Å². The van der Waals surface area contributed by atoms with E-state index in [1.54, 1.807) is 0 Å². The first-order valence-electron chi connectivity index (χ1n) is 16.5. The Balaban J connectivity index is 1.13. The highest BCUT2D eigenvalue weighted by molar-refractivity contribution is 6.09. The van der Waals surface area contributed by atoms with Crippen molar-refractivity contribution in [2.24, 2.45) is 0 Å². The van der Waals surface area contributed by atoms with Gasteiger partial charge in [-0.2, -0.15) is 0 Å². The molecule has 0 atom stereocenters. The fraction of sp³-hybridized carbons (Fsp3) is 0. The maximum atomic E-state index is 5.06. The number of hydrogen-bond donors (Lipinski definition) is 0. The number of fused-ring (bicyclic) bond motifs is 3. The summed E-state index contributed by atoms with van der Waals surface area (Å²) in [6.07, 6.45) is 0. The second-order valence-electron chi connectivity index (χ2n) is 12.1. The van der Waals surface area contributed by atoms with Crippen molar-refractivity contribution < 1.29 is 0 Å². The number of rotatable bonds is 6. The van der Waals surface area contributed by atoms with Gasteiger partial charge in [-0.3, -0.25) is 0 Å². The first-order chi connectivity index (χ1) is 24.3. The fourth-order valence-electron chi connectivity index (χ4n) is 6.66. The SMILES string of the molecule is c1ccc(-c2cccc(-c3cccc(-c4nc(-c5ccccc5)nc(-c5ccc(-n6c7ccccc7c7ccccc76)cc5)n4)c3)c2)cc1. The van der Waals surface area contributed by atoms with Crippen LogP contribution in [0.1, 0.15) is 0 Å². The molecule has 0 bridgehead atoms. The first-order valence-corrected chi connectivity index (χ1v) is 16.5. The lowest BCUT2D eigenvalue weighted by Gasteiger charge is -2.11. The van der Waals surface area contributed by atoms with Crippen LogP contribution in [-0.4, -0.2) is 19.5 Å². The van der Waals surface area contributed by atoms with Gasteiger partial charge < -0.3 is 4.57 Å². The predicted octanol–water partition coefficient (Wildman–Crippen LogP) is 11.3. The summed E-state index contributed by atoms with van der Waals surface area (Å²) in [4.78, 5) is 15.1. The second-order valence-corrected chi connectivity index (χ2v) is 12.1. The van der Waals surface area contributed by atoms with Crippen LogP contribution >= 0.6 is 0 Å². The zero-order valence-corrected chi connectivity index (χ0v) is 26.6. The van der Waals surface area contributed by atoms with E-state index in [2.05, 4.69) is 150 Å². The van der Waals surface area contributed by atoms with Gasteiger partial charge >= 0.3 is 0 Å². The van der Waals surface area contributed by atoms with Gasteiger partial charge in [0, 0.05) is 33.2 Å². The normalized spacial score (nSPS) is 11.3.